The van der Waals surface area contributed by atoms with Crippen LogP contribution in [0.1, 0.15) is 123 Å². The van der Waals surface area contributed by atoms with Crippen LogP contribution in [-0.2, 0) is 74.1 Å². The van der Waals surface area contributed by atoms with Crippen molar-refractivity contribution in [2.45, 2.75) is 160 Å². The minimum Gasteiger partial charge on any atom is 1.00 e. The monoisotopic (exact) mass is 1810 g/mol. The summed E-state index contributed by atoms with van der Waals surface area (Å²) in [5.41, 5.74) is 16.6. The van der Waals surface area contributed by atoms with Crippen LogP contribution in [0, 0.1) is 0 Å². The van der Waals surface area contributed by atoms with E-state index in [4.69, 9.17) is 22.0 Å². The number of carbonyl (C=O) groups excluding carboxylic acids is 6. The summed E-state index contributed by atoms with van der Waals surface area (Å²) < 4.78 is 72.3. The number of nitrogens with zero attached hydrogens (tertiary/aromatic N) is 7. The second kappa shape index (κ2) is 41.1. The molecule has 1 aromatic rings. The van der Waals surface area contributed by atoms with Crippen molar-refractivity contribution in [1.29, 1.82) is 0 Å². The number of piperidine rings is 3. The maximum absolute atomic E-state index is 12.2. The second-order valence-electron chi connectivity index (χ2n) is 18.7. The van der Waals surface area contributed by atoms with Crippen molar-refractivity contribution in [3.63, 3.8) is 0 Å². The molecule has 7 rings (SSSR count). The Labute approximate surface area is 563 Å². The summed E-state index contributed by atoms with van der Waals surface area (Å²) in [4.78, 5) is 78.5. The Morgan fingerprint density at radius 2 is 0.848 bits per heavy atom. The summed E-state index contributed by atoms with van der Waals surface area (Å²) in [5, 5.41) is 2.41. The van der Waals surface area contributed by atoms with Crippen molar-refractivity contribution >= 4 is 161 Å². The molecule has 0 saturated carbocycles. The molecular formula is C44H74I5N10NaO15S2V2. The average Bonchev–Trinajstić information content (AvgIpc) is 3.86. The molecule has 25 nitrogen and oxygen atoms in total. The number of hydrogen-bond acceptors (Lipinski definition) is 15. The molecule has 448 valence electrons. The first-order valence-electron chi connectivity index (χ1n) is 25.2. The van der Waals surface area contributed by atoms with E-state index in [0.717, 1.165) is 21.8 Å². The first-order valence-corrected chi connectivity index (χ1v) is 45.9. The number of hydroxylamine groups is 6. The zero-order valence-electron chi connectivity index (χ0n) is 45.0. The molecule has 0 unspecified atom stereocenters. The minimum atomic E-state index is -5.00. The van der Waals surface area contributed by atoms with Crippen LogP contribution in [0.25, 0.3) is 0 Å². The van der Waals surface area contributed by atoms with E-state index in [1.165, 1.54) is 92.0 Å². The fraction of sp³-hybridized carbons (Fsp3) is 0.727. The molecule has 6 saturated heterocycles. The molecule has 1 aromatic carbocycles. The molecule has 0 aromatic heterocycles. The number of carbonyl (C=O) groups is 6. The van der Waals surface area contributed by atoms with E-state index in [2.05, 4.69) is 116 Å². The van der Waals surface area contributed by atoms with E-state index < -0.39 is 80.8 Å². The maximum atomic E-state index is 12.2. The predicted octanol–water partition coefficient (Wildman–Crippen LogP) is 3.30. The van der Waals surface area contributed by atoms with E-state index in [1.54, 1.807) is 0 Å². The average molecular weight is 1810 g/mol. The predicted molar refractivity (Wildman–Crippen MR) is 323 cm³/mol. The topological polar surface area (TPSA) is 342 Å². The Balaban J connectivity index is 0.000000986. The van der Waals surface area contributed by atoms with Crippen LogP contribution in [0.15, 0.2) is 30.3 Å². The van der Waals surface area contributed by atoms with Gasteiger partial charge in [-0.2, -0.15) is 23.8 Å². The molecule has 9 amide bonds. The fourth-order valence-electron chi connectivity index (χ4n) is 9.71. The third kappa shape index (κ3) is 27.2. The van der Waals surface area contributed by atoms with Gasteiger partial charge in [-0.1, -0.05) is 83.7 Å². The summed E-state index contributed by atoms with van der Waals surface area (Å²) in [7, 11) is -8.75. The Kier molecular flexibility index (Phi) is 41.6. The molecule has 6 atom stereocenters. The number of amides is 9. The molecule has 6 aliphatic rings. The van der Waals surface area contributed by atoms with Gasteiger partial charge in [0.2, 0.25) is 38.5 Å². The first-order chi connectivity index (χ1) is 36.3. The van der Waals surface area contributed by atoms with Gasteiger partial charge in [0.05, 0.1) is 44.3 Å². The first kappa shape index (κ1) is 79.9. The van der Waals surface area contributed by atoms with Gasteiger partial charge in [-0.25, -0.2) is 31.2 Å². The maximum Gasteiger partial charge on any atom is 1.00 e. The van der Waals surface area contributed by atoms with Crippen LogP contribution < -0.4 is 46.8 Å². The van der Waals surface area contributed by atoms with Gasteiger partial charge >= 0.3 is 146 Å². The number of nitrogens with two attached hydrogens (primary N) is 3. The number of benzene rings is 1. The smallest absolute Gasteiger partial charge is 1.00 e. The number of fused-ring (bicyclic) bond motifs is 6. The molecule has 6 heterocycles. The summed E-state index contributed by atoms with van der Waals surface area (Å²) >= 11 is 9.48. The van der Waals surface area contributed by atoms with Crippen LogP contribution in [0.5, 0.6) is 0 Å². The van der Waals surface area contributed by atoms with Gasteiger partial charge in [0.1, 0.15) is 24.7 Å². The Morgan fingerprint density at radius 3 is 1.11 bits per heavy atom. The molecule has 0 aliphatic carbocycles. The third-order valence-electron chi connectivity index (χ3n) is 13.5. The zero-order valence-corrected chi connectivity index (χ0v) is 62.4. The summed E-state index contributed by atoms with van der Waals surface area (Å²) in [5.74, 6) is -1.77. The SMILES string of the molecule is CCCC[N+](CCCC)(CCCC)CCCC.I.NC(=O)[C@@H]1CC[C@@H]2CN1C(=O)N2OCc1ccccc1.NC(=O)[C@@H]1CC[C@@H]2CN1C(=O)N2OS(=O)(=O)[O-].NC(=O)[C@@H]1CC[C@@H]2CN1C(=O)N2OS(=O)(=O)[O-].[I][V][I].[I][V][I].[Na+]. The van der Waals surface area contributed by atoms with E-state index >= 15 is 0 Å². The number of unbranched alkanes of at least 4 members (excludes halogenated alkanes) is 4. The number of rotatable bonds is 22. The largest absolute Gasteiger partial charge is 1.00 e. The van der Waals surface area contributed by atoms with Crippen molar-refractivity contribution in [3.05, 3.63) is 35.9 Å². The van der Waals surface area contributed by atoms with Crippen LogP contribution in [0.3, 0.4) is 0 Å². The number of hydrogen-bond donors (Lipinski definition) is 3. The van der Waals surface area contributed by atoms with Crippen molar-refractivity contribution in [1.82, 2.24) is 29.9 Å². The van der Waals surface area contributed by atoms with Crippen LogP contribution >= 0.6 is 104 Å². The number of urea groups is 3. The van der Waals surface area contributed by atoms with E-state index in [0.29, 0.717) is 74.3 Å². The molecular weight excluding hydrogens is 1730 g/mol. The van der Waals surface area contributed by atoms with Crippen molar-refractivity contribution in [2.24, 2.45) is 17.2 Å². The van der Waals surface area contributed by atoms with Crippen LogP contribution in [0.4, 0.5) is 14.4 Å². The molecule has 6 bridgehead atoms. The Bertz CT molecular complexity index is 2150. The second-order valence-corrected chi connectivity index (χ2v) is 44.2. The molecule has 6 fully saturated rings. The molecule has 0 spiro atoms. The van der Waals surface area contributed by atoms with E-state index in [1.807, 2.05) is 30.3 Å². The summed E-state index contributed by atoms with van der Waals surface area (Å²) in [6, 6.07) is 4.65. The van der Waals surface area contributed by atoms with Gasteiger partial charge in [-0.05, 0) is 69.8 Å². The third-order valence-corrected chi connectivity index (χ3v) is 14.1. The van der Waals surface area contributed by atoms with E-state index in [-0.39, 0.29) is 78.7 Å². The molecule has 6 N–H and O–H groups in total. The van der Waals surface area contributed by atoms with Crippen molar-refractivity contribution in [3.8, 4) is 0 Å². The summed E-state index contributed by atoms with van der Waals surface area (Å²) in [6.07, 6.45) is 13.8. The standard InChI is InChI=1S/C16H36N.C14H17N3O3.2C7H11N3O6S.5HI.Na.2V/c1-5-9-13-17(14-10-6-2,15-11-7-3)16-12-8-4;15-13(18)12-7-6-11-8-16(12)14(19)17(11)20-9-10-4-2-1-3-5-10;2*8-6(11)5-2-1-4-3-9(5)7(12)10(4)16-17(13,14)15;;;;;;;;/h5-16H2,1-4H3;1-5,11-12H,6-9H2,(H2,15,18);2*4-5H,1-3H2,(H2,8,11)(H,13,14,15);5*1H;;;/q+1;;;;;;;;;+1;2*+2/p-6/t;11-,12+;2*4-,5+;;;;;;;;/m.111......../s1. The van der Waals surface area contributed by atoms with Crippen molar-refractivity contribution in [2.75, 3.05) is 45.8 Å². The van der Waals surface area contributed by atoms with Gasteiger partial charge in [0, 0.05) is 19.6 Å². The zero-order chi connectivity index (χ0) is 58.1. The number of halogens is 5. The van der Waals surface area contributed by atoms with Crippen LogP contribution in [0.2, 0.25) is 0 Å². The fourth-order valence-corrected chi connectivity index (χ4v) is 10.5. The van der Waals surface area contributed by atoms with Gasteiger partial charge in [-0.15, -0.1) is 24.0 Å². The normalized spacial score (nSPS) is 21.6. The van der Waals surface area contributed by atoms with E-state index in [9.17, 15) is 54.7 Å². The Hall–Kier alpha value is 0.919. The van der Waals surface area contributed by atoms with Gasteiger partial charge in [0.15, 0.2) is 0 Å². The van der Waals surface area contributed by atoms with Crippen LogP contribution in [-0.4, -0.2) is 178 Å². The number of quaternary nitrogens is 1. The molecule has 0 radical (unpaired) electrons. The van der Waals surface area contributed by atoms with Gasteiger partial charge in [0.25, 0.3) is 0 Å². The Morgan fingerprint density at radius 1 is 0.570 bits per heavy atom. The van der Waals surface area contributed by atoms with Gasteiger partial charge < -0.3 is 45.5 Å². The van der Waals surface area contributed by atoms with Crippen molar-refractivity contribution < 1.29 is 121 Å². The quantitative estimate of drug-likeness (QED) is 0.0493. The van der Waals surface area contributed by atoms with Gasteiger partial charge in [-0.3, -0.25) is 19.2 Å². The molecule has 35 heteroatoms. The number of primary amides is 3. The minimum absolute atomic E-state index is 0. The summed E-state index contributed by atoms with van der Waals surface area (Å²) in [6.45, 7) is 16.1. The molecule has 79 heavy (non-hydrogen) atoms. The molecule has 6 aliphatic heterocycles.